The molecule has 0 spiro atoms. The molecule has 20 heavy (non-hydrogen) atoms. The summed E-state index contributed by atoms with van der Waals surface area (Å²) < 4.78 is 0. The van der Waals surface area contributed by atoms with E-state index in [0.717, 1.165) is 5.56 Å². The number of phenols is 1. The van der Waals surface area contributed by atoms with Gasteiger partial charge in [-0.1, -0.05) is 12.1 Å². The second-order valence-corrected chi connectivity index (χ2v) is 4.75. The van der Waals surface area contributed by atoms with E-state index in [0.29, 0.717) is 16.8 Å². The number of carbonyl (C=O) groups excluding carboxylic acids is 1. The summed E-state index contributed by atoms with van der Waals surface area (Å²) in [5, 5.41) is 21.5. The SMILES string of the molecule is Cc1cc(O)ccc1C(=O)Nc1ccc(C(C)O)cc1. The summed E-state index contributed by atoms with van der Waals surface area (Å²) in [6.45, 7) is 3.46. The number of aliphatic hydroxyl groups is 1. The van der Waals surface area contributed by atoms with Crippen LogP contribution in [0.25, 0.3) is 0 Å². The Bertz CT molecular complexity index is 618. The van der Waals surface area contributed by atoms with Crippen LogP contribution < -0.4 is 5.32 Å². The highest BCUT2D eigenvalue weighted by molar-refractivity contribution is 6.05. The van der Waals surface area contributed by atoms with Crippen LogP contribution in [0, 0.1) is 6.92 Å². The van der Waals surface area contributed by atoms with Crippen molar-refractivity contribution in [1.29, 1.82) is 0 Å². The van der Waals surface area contributed by atoms with E-state index >= 15 is 0 Å². The molecule has 2 aromatic carbocycles. The fraction of sp³-hybridized carbons (Fsp3) is 0.188. The fourth-order valence-corrected chi connectivity index (χ4v) is 1.95. The minimum absolute atomic E-state index is 0.139. The van der Waals surface area contributed by atoms with Crippen molar-refractivity contribution in [2.24, 2.45) is 0 Å². The molecule has 0 saturated carbocycles. The van der Waals surface area contributed by atoms with Crippen LogP contribution in [0.1, 0.15) is 34.5 Å². The van der Waals surface area contributed by atoms with Gasteiger partial charge in [-0.05, 0) is 55.3 Å². The van der Waals surface area contributed by atoms with Gasteiger partial charge in [0, 0.05) is 11.3 Å². The van der Waals surface area contributed by atoms with Gasteiger partial charge in [0.15, 0.2) is 0 Å². The lowest BCUT2D eigenvalue weighted by molar-refractivity contribution is 0.102. The maximum atomic E-state index is 12.1. The molecule has 2 rings (SSSR count). The maximum Gasteiger partial charge on any atom is 0.255 e. The van der Waals surface area contributed by atoms with Gasteiger partial charge in [0.25, 0.3) is 5.91 Å². The Morgan fingerprint density at radius 3 is 2.35 bits per heavy atom. The van der Waals surface area contributed by atoms with E-state index in [2.05, 4.69) is 5.32 Å². The first kappa shape index (κ1) is 14.1. The third-order valence-corrected chi connectivity index (χ3v) is 3.11. The van der Waals surface area contributed by atoms with Gasteiger partial charge in [0.2, 0.25) is 0 Å². The third-order valence-electron chi connectivity index (χ3n) is 3.11. The lowest BCUT2D eigenvalue weighted by atomic mass is 10.1. The van der Waals surface area contributed by atoms with Gasteiger partial charge in [-0.25, -0.2) is 0 Å². The van der Waals surface area contributed by atoms with Crippen molar-refractivity contribution >= 4 is 11.6 Å². The normalized spacial score (nSPS) is 11.9. The number of carbonyl (C=O) groups is 1. The number of amides is 1. The van der Waals surface area contributed by atoms with Crippen molar-refractivity contribution in [3.63, 3.8) is 0 Å². The number of aryl methyl sites for hydroxylation is 1. The van der Waals surface area contributed by atoms with E-state index in [1.165, 1.54) is 6.07 Å². The van der Waals surface area contributed by atoms with E-state index in [9.17, 15) is 15.0 Å². The zero-order valence-electron chi connectivity index (χ0n) is 11.4. The molecule has 104 valence electrons. The lowest BCUT2D eigenvalue weighted by Crippen LogP contribution is -2.13. The Hall–Kier alpha value is -2.33. The molecule has 1 atom stereocenters. The summed E-state index contributed by atoms with van der Waals surface area (Å²) in [7, 11) is 0. The number of phenolic OH excluding ortho intramolecular Hbond substituents is 1. The van der Waals surface area contributed by atoms with Gasteiger partial charge in [0.1, 0.15) is 5.75 Å². The summed E-state index contributed by atoms with van der Waals surface area (Å²) in [5.74, 6) is -0.0902. The van der Waals surface area contributed by atoms with Gasteiger partial charge in [-0.3, -0.25) is 4.79 Å². The van der Waals surface area contributed by atoms with Crippen LogP contribution in [0.2, 0.25) is 0 Å². The minimum atomic E-state index is -0.529. The highest BCUT2D eigenvalue weighted by Gasteiger charge is 2.10. The Labute approximate surface area is 117 Å². The van der Waals surface area contributed by atoms with Crippen molar-refractivity contribution in [2.75, 3.05) is 5.32 Å². The lowest BCUT2D eigenvalue weighted by Gasteiger charge is -2.09. The molecule has 3 N–H and O–H groups in total. The molecule has 1 amide bonds. The molecule has 0 radical (unpaired) electrons. The van der Waals surface area contributed by atoms with Crippen LogP contribution in [-0.4, -0.2) is 16.1 Å². The maximum absolute atomic E-state index is 12.1. The Balaban J connectivity index is 2.15. The molecule has 0 aliphatic carbocycles. The van der Waals surface area contributed by atoms with Gasteiger partial charge < -0.3 is 15.5 Å². The average molecular weight is 271 g/mol. The van der Waals surface area contributed by atoms with Crippen molar-refractivity contribution in [3.8, 4) is 5.75 Å². The number of nitrogens with one attached hydrogen (secondary N) is 1. The number of anilines is 1. The molecular formula is C16H17NO3. The zero-order valence-corrected chi connectivity index (χ0v) is 11.4. The van der Waals surface area contributed by atoms with Crippen LogP contribution in [0.5, 0.6) is 5.75 Å². The molecule has 0 aliphatic rings. The second-order valence-electron chi connectivity index (χ2n) is 4.75. The molecule has 1 unspecified atom stereocenters. The summed E-state index contributed by atoms with van der Waals surface area (Å²) >= 11 is 0. The summed E-state index contributed by atoms with van der Waals surface area (Å²) in [5.41, 5.74) is 2.68. The van der Waals surface area contributed by atoms with E-state index < -0.39 is 6.10 Å². The average Bonchev–Trinajstić information content (AvgIpc) is 2.39. The highest BCUT2D eigenvalue weighted by atomic mass is 16.3. The summed E-state index contributed by atoms with van der Waals surface area (Å²) in [6.07, 6.45) is -0.529. The Morgan fingerprint density at radius 2 is 1.80 bits per heavy atom. The van der Waals surface area contributed by atoms with E-state index in [4.69, 9.17) is 0 Å². The van der Waals surface area contributed by atoms with Gasteiger partial charge >= 0.3 is 0 Å². The monoisotopic (exact) mass is 271 g/mol. The van der Waals surface area contributed by atoms with Crippen LogP contribution >= 0.6 is 0 Å². The summed E-state index contributed by atoms with van der Waals surface area (Å²) in [6, 6.07) is 11.6. The standard InChI is InChI=1S/C16H17NO3/c1-10-9-14(19)7-8-15(10)16(20)17-13-5-3-12(4-6-13)11(2)18/h3-9,11,18-19H,1-2H3,(H,17,20). The molecule has 4 heteroatoms. The Morgan fingerprint density at radius 1 is 1.15 bits per heavy atom. The van der Waals surface area contributed by atoms with Gasteiger partial charge in [-0.2, -0.15) is 0 Å². The minimum Gasteiger partial charge on any atom is -0.508 e. The van der Waals surface area contributed by atoms with Gasteiger partial charge in [-0.15, -0.1) is 0 Å². The smallest absolute Gasteiger partial charge is 0.255 e. The number of hydrogen-bond acceptors (Lipinski definition) is 3. The van der Waals surface area contributed by atoms with Crippen molar-refractivity contribution in [2.45, 2.75) is 20.0 Å². The molecule has 0 aliphatic heterocycles. The molecule has 2 aromatic rings. The molecule has 0 saturated heterocycles. The van der Waals surface area contributed by atoms with Crippen molar-refractivity contribution in [3.05, 3.63) is 59.2 Å². The summed E-state index contributed by atoms with van der Waals surface area (Å²) in [4.78, 5) is 12.1. The Kier molecular flexibility index (Phi) is 4.05. The number of benzene rings is 2. The topological polar surface area (TPSA) is 69.6 Å². The largest absolute Gasteiger partial charge is 0.508 e. The first-order valence-electron chi connectivity index (χ1n) is 6.36. The van der Waals surface area contributed by atoms with Crippen molar-refractivity contribution in [1.82, 2.24) is 0 Å². The molecule has 0 bridgehead atoms. The molecule has 0 aromatic heterocycles. The second kappa shape index (κ2) is 5.75. The number of aromatic hydroxyl groups is 1. The highest BCUT2D eigenvalue weighted by Crippen LogP contribution is 2.19. The van der Waals surface area contributed by atoms with E-state index in [-0.39, 0.29) is 11.7 Å². The third kappa shape index (κ3) is 3.16. The van der Waals surface area contributed by atoms with Crippen LogP contribution in [0.15, 0.2) is 42.5 Å². The first-order chi connectivity index (χ1) is 9.47. The zero-order chi connectivity index (χ0) is 14.7. The fourth-order valence-electron chi connectivity index (χ4n) is 1.95. The number of rotatable bonds is 3. The van der Waals surface area contributed by atoms with Crippen LogP contribution in [-0.2, 0) is 0 Å². The number of hydrogen-bond donors (Lipinski definition) is 3. The van der Waals surface area contributed by atoms with E-state index in [1.807, 2.05) is 0 Å². The quantitative estimate of drug-likeness (QED) is 0.803. The number of aliphatic hydroxyl groups excluding tert-OH is 1. The van der Waals surface area contributed by atoms with Gasteiger partial charge in [0.05, 0.1) is 6.10 Å². The van der Waals surface area contributed by atoms with Crippen LogP contribution in [0.4, 0.5) is 5.69 Å². The first-order valence-corrected chi connectivity index (χ1v) is 6.36. The van der Waals surface area contributed by atoms with Crippen LogP contribution in [0.3, 0.4) is 0 Å². The molecule has 0 fully saturated rings. The van der Waals surface area contributed by atoms with E-state index in [1.54, 1.807) is 50.2 Å². The molecular weight excluding hydrogens is 254 g/mol. The predicted octanol–water partition coefficient (Wildman–Crippen LogP) is 3.01. The molecule has 4 nitrogen and oxygen atoms in total. The molecule has 0 heterocycles. The predicted molar refractivity (Wildman–Crippen MR) is 77.9 cm³/mol. The van der Waals surface area contributed by atoms with Crippen molar-refractivity contribution < 1.29 is 15.0 Å².